The standard InChI is InChI=1S/C19H25N3O3S/c1-5-22(6-2)26(24,25)18-12-16(10-9-14(18)3)19(23)21-15(4)17-8-7-11-20-13-17/h7-13,15H,5-6H2,1-4H3,(H,21,23). The first-order chi connectivity index (χ1) is 12.3. The van der Waals surface area contributed by atoms with Crippen molar-refractivity contribution in [3.05, 3.63) is 59.4 Å². The Labute approximate surface area is 155 Å². The van der Waals surface area contributed by atoms with Crippen LogP contribution in [0.2, 0.25) is 0 Å². The van der Waals surface area contributed by atoms with Crippen molar-refractivity contribution in [3.63, 3.8) is 0 Å². The van der Waals surface area contributed by atoms with Crippen molar-refractivity contribution in [1.29, 1.82) is 0 Å². The molecule has 1 aromatic heterocycles. The Morgan fingerprint density at radius 3 is 2.50 bits per heavy atom. The molecule has 0 fully saturated rings. The summed E-state index contributed by atoms with van der Waals surface area (Å²) in [6.45, 7) is 7.94. The van der Waals surface area contributed by atoms with Crippen LogP contribution in [-0.2, 0) is 10.0 Å². The minimum Gasteiger partial charge on any atom is -0.345 e. The highest BCUT2D eigenvalue weighted by Gasteiger charge is 2.25. The molecular formula is C19H25N3O3S. The van der Waals surface area contributed by atoms with Gasteiger partial charge in [-0.25, -0.2) is 8.42 Å². The van der Waals surface area contributed by atoms with E-state index in [0.29, 0.717) is 24.2 Å². The molecule has 0 saturated heterocycles. The lowest BCUT2D eigenvalue weighted by atomic mass is 10.1. The molecule has 1 unspecified atom stereocenters. The minimum atomic E-state index is -3.63. The molecule has 0 aliphatic carbocycles. The molecule has 0 bridgehead atoms. The largest absolute Gasteiger partial charge is 0.345 e. The van der Waals surface area contributed by atoms with Crippen LogP contribution in [-0.4, -0.2) is 36.7 Å². The molecule has 1 aromatic carbocycles. The second-order valence-corrected chi connectivity index (χ2v) is 7.96. The second kappa shape index (κ2) is 8.42. The fraction of sp³-hybridized carbons (Fsp3) is 0.368. The fourth-order valence-electron chi connectivity index (χ4n) is 2.72. The van der Waals surface area contributed by atoms with Crippen molar-refractivity contribution in [2.75, 3.05) is 13.1 Å². The van der Waals surface area contributed by atoms with Crippen molar-refractivity contribution < 1.29 is 13.2 Å². The van der Waals surface area contributed by atoms with Gasteiger partial charge in [-0.2, -0.15) is 4.31 Å². The van der Waals surface area contributed by atoms with Crippen LogP contribution < -0.4 is 5.32 Å². The third-order valence-corrected chi connectivity index (χ3v) is 6.50. The average molecular weight is 375 g/mol. The molecule has 0 aliphatic heterocycles. The van der Waals surface area contributed by atoms with Crippen molar-refractivity contribution in [2.24, 2.45) is 0 Å². The third-order valence-electron chi connectivity index (χ3n) is 4.31. The molecule has 6 nitrogen and oxygen atoms in total. The Balaban J connectivity index is 2.30. The van der Waals surface area contributed by atoms with Gasteiger partial charge in [-0.15, -0.1) is 0 Å². The van der Waals surface area contributed by atoms with Gasteiger partial charge < -0.3 is 5.32 Å². The molecule has 0 saturated carbocycles. The topological polar surface area (TPSA) is 79.4 Å². The highest BCUT2D eigenvalue weighted by molar-refractivity contribution is 7.89. The van der Waals surface area contributed by atoms with E-state index in [-0.39, 0.29) is 16.8 Å². The Bertz CT molecular complexity index is 863. The van der Waals surface area contributed by atoms with Gasteiger partial charge in [0.1, 0.15) is 0 Å². The van der Waals surface area contributed by atoms with Gasteiger partial charge in [0.15, 0.2) is 0 Å². The van der Waals surface area contributed by atoms with Gasteiger partial charge in [-0.05, 0) is 43.2 Å². The van der Waals surface area contributed by atoms with Crippen LogP contribution in [0.15, 0.2) is 47.6 Å². The lowest BCUT2D eigenvalue weighted by Gasteiger charge is -2.20. The number of nitrogens with one attached hydrogen (secondary N) is 1. The molecule has 140 valence electrons. The minimum absolute atomic E-state index is 0.169. The number of benzene rings is 1. The number of pyridine rings is 1. The van der Waals surface area contributed by atoms with E-state index in [0.717, 1.165) is 5.56 Å². The molecule has 0 aliphatic rings. The van der Waals surface area contributed by atoms with Crippen LogP contribution in [0.25, 0.3) is 0 Å². The molecule has 0 radical (unpaired) electrons. The normalized spacial score (nSPS) is 12.8. The Kier molecular flexibility index (Phi) is 6.50. The van der Waals surface area contributed by atoms with Crippen molar-refractivity contribution in [2.45, 2.75) is 38.6 Å². The summed E-state index contributed by atoms with van der Waals surface area (Å²) in [6, 6.07) is 8.21. The summed E-state index contributed by atoms with van der Waals surface area (Å²) < 4.78 is 27.0. The molecule has 26 heavy (non-hydrogen) atoms. The van der Waals surface area contributed by atoms with E-state index in [9.17, 15) is 13.2 Å². The Hall–Kier alpha value is -2.25. The third kappa shape index (κ3) is 4.28. The molecule has 1 amide bonds. The molecule has 2 aromatic rings. The van der Waals surface area contributed by atoms with E-state index in [1.54, 1.807) is 51.4 Å². The molecule has 7 heteroatoms. The first-order valence-corrected chi connectivity index (χ1v) is 10.1. The van der Waals surface area contributed by atoms with Crippen molar-refractivity contribution >= 4 is 15.9 Å². The zero-order valence-corrected chi connectivity index (χ0v) is 16.4. The van der Waals surface area contributed by atoms with E-state index in [1.807, 2.05) is 13.0 Å². The number of carbonyl (C=O) groups excluding carboxylic acids is 1. The molecule has 1 heterocycles. The van der Waals surface area contributed by atoms with Crippen molar-refractivity contribution in [1.82, 2.24) is 14.6 Å². The number of aromatic nitrogens is 1. The van der Waals surface area contributed by atoms with E-state index in [1.165, 1.54) is 10.4 Å². The summed E-state index contributed by atoms with van der Waals surface area (Å²) in [5.41, 5.74) is 1.81. The van der Waals surface area contributed by atoms with E-state index < -0.39 is 10.0 Å². The molecule has 1 N–H and O–H groups in total. The van der Waals surface area contributed by atoms with Crippen molar-refractivity contribution in [3.8, 4) is 0 Å². The second-order valence-electron chi connectivity index (χ2n) is 6.05. The van der Waals surface area contributed by atoms with Gasteiger partial charge in [-0.1, -0.05) is 26.0 Å². The van der Waals surface area contributed by atoms with E-state index in [4.69, 9.17) is 0 Å². The fourth-order valence-corrected chi connectivity index (χ4v) is 4.43. The summed E-state index contributed by atoms with van der Waals surface area (Å²) in [5.74, 6) is -0.322. The number of nitrogens with zero attached hydrogens (tertiary/aromatic N) is 2. The summed E-state index contributed by atoms with van der Waals surface area (Å²) in [7, 11) is -3.63. The van der Waals surface area contributed by atoms with Gasteiger partial charge >= 0.3 is 0 Å². The van der Waals surface area contributed by atoms with Gasteiger partial charge in [-0.3, -0.25) is 9.78 Å². The smallest absolute Gasteiger partial charge is 0.251 e. The molecular weight excluding hydrogens is 350 g/mol. The van der Waals surface area contributed by atoms with Crippen LogP contribution in [0.1, 0.15) is 48.3 Å². The zero-order valence-electron chi connectivity index (χ0n) is 15.6. The summed E-state index contributed by atoms with van der Waals surface area (Å²) in [5, 5.41) is 2.88. The predicted octanol–water partition coefficient (Wildman–Crippen LogP) is 2.91. The average Bonchev–Trinajstić information content (AvgIpc) is 2.63. The maximum absolute atomic E-state index is 12.8. The number of rotatable bonds is 7. The number of sulfonamides is 1. The summed E-state index contributed by atoms with van der Waals surface area (Å²) in [6.07, 6.45) is 3.36. The van der Waals surface area contributed by atoms with Crippen LogP contribution in [0.5, 0.6) is 0 Å². The maximum atomic E-state index is 12.8. The molecule has 0 spiro atoms. The van der Waals surface area contributed by atoms with Gasteiger partial charge in [0, 0.05) is 31.0 Å². The lowest BCUT2D eigenvalue weighted by molar-refractivity contribution is 0.0939. The van der Waals surface area contributed by atoms with Crippen LogP contribution in [0, 0.1) is 6.92 Å². The molecule has 2 rings (SSSR count). The quantitative estimate of drug-likeness (QED) is 0.807. The predicted molar refractivity (Wildman–Crippen MR) is 101 cm³/mol. The van der Waals surface area contributed by atoms with Gasteiger partial charge in [0.05, 0.1) is 10.9 Å². The number of carbonyl (C=O) groups is 1. The highest BCUT2D eigenvalue weighted by Crippen LogP contribution is 2.22. The Morgan fingerprint density at radius 1 is 1.23 bits per heavy atom. The summed E-state index contributed by atoms with van der Waals surface area (Å²) in [4.78, 5) is 16.8. The molecule has 1 atom stereocenters. The van der Waals surface area contributed by atoms with Crippen LogP contribution in [0.4, 0.5) is 0 Å². The van der Waals surface area contributed by atoms with E-state index >= 15 is 0 Å². The van der Waals surface area contributed by atoms with E-state index in [2.05, 4.69) is 10.3 Å². The number of amides is 1. The van der Waals surface area contributed by atoms with Gasteiger partial charge in [0.25, 0.3) is 5.91 Å². The number of hydrogen-bond acceptors (Lipinski definition) is 4. The highest BCUT2D eigenvalue weighted by atomic mass is 32.2. The number of hydrogen-bond donors (Lipinski definition) is 1. The number of aryl methyl sites for hydroxylation is 1. The maximum Gasteiger partial charge on any atom is 0.251 e. The summed E-state index contributed by atoms with van der Waals surface area (Å²) >= 11 is 0. The first kappa shape index (κ1) is 20.1. The Morgan fingerprint density at radius 2 is 1.92 bits per heavy atom. The zero-order chi connectivity index (χ0) is 19.3. The SMILES string of the molecule is CCN(CC)S(=O)(=O)c1cc(C(=O)NC(C)c2cccnc2)ccc1C. The lowest BCUT2D eigenvalue weighted by Crippen LogP contribution is -2.32. The van der Waals surface area contributed by atoms with Gasteiger partial charge in [0.2, 0.25) is 10.0 Å². The van der Waals surface area contributed by atoms with Crippen LogP contribution >= 0.6 is 0 Å². The monoisotopic (exact) mass is 375 g/mol. The van der Waals surface area contributed by atoms with Crippen LogP contribution in [0.3, 0.4) is 0 Å². The first-order valence-electron chi connectivity index (χ1n) is 8.62.